The number of pyridine rings is 1. The van der Waals surface area contributed by atoms with Crippen LogP contribution in [0.1, 0.15) is 29.9 Å². The summed E-state index contributed by atoms with van der Waals surface area (Å²) in [5.41, 5.74) is 1.64. The van der Waals surface area contributed by atoms with Crippen LogP contribution in [-0.2, 0) is 0 Å². The van der Waals surface area contributed by atoms with Crippen LogP contribution in [0.2, 0.25) is 0 Å². The van der Waals surface area contributed by atoms with Crippen molar-refractivity contribution in [2.45, 2.75) is 26.8 Å². The Morgan fingerprint density at radius 1 is 1.57 bits per heavy atom. The summed E-state index contributed by atoms with van der Waals surface area (Å²) in [6.07, 6.45) is 1.38. The lowest BCUT2D eigenvalue weighted by atomic mass is 10.2. The third-order valence-electron chi connectivity index (χ3n) is 1.72. The molecule has 1 aromatic heterocycles. The Morgan fingerprint density at radius 2 is 2.21 bits per heavy atom. The monoisotopic (exact) mass is 194 g/mol. The zero-order valence-corrected chi connectivity index (χ0v) is 8.53. The number of carbonyl (C=O) groups is 1. The Balaban J connectivity index is 3.09. The largest absolute Gasteiger partial charge is 0.478 e. The quantitative estimate of drug-likeness (QED) is 0.771. The Hall–Kier alpha value is -1.58. The van der Waals surface area contributed by atoms with E-state index in [-0.39, 0.29) is 11.6 Å². The highest BCUT2D eigenvalue weighted by atomic mass is 16.4. The summed E-state index contributed by atoms with van der Waals surface area (Å²) in [4.78, 5) is 14.8. The molecule has 0 spiro atoms. The van der Waals surface area contributed by atoms with E-state index in [9.17, 15) is 4.79 Å². The van der Waals surface area contributed by atoms with Crippen molar-refractivity contribution < 1.29 is 9.90 Å². The van der Waals surface area contributed by atoms with E-state index in [0.29, 0.717) is 5.69 Å². The zero-order chi connectivity index (χ0) is 10.7. The molecule has 76 valence electrons. The summed E-state index contributed by atoms with van der Waals surface area (Å²) in [6.45, 7) is 5.75. The minimum Gasteiger partial charge on any atom is -0.478 e. The van der Waals surface area contributed by atoms with Gasteiger partial charge >= 0.3 is 5.97 Å². The number of nitrogens with zero attached hydrogens (tertiary/aromatic N) is 1. The summed E-state index contributed by atoms with van der Waals surface area (Å²) < 4.78 is 0. The lowest BCUT2D eigenvalue weighted by Crippen LogP contribution is -2.14. The maximum atomic E-state index is 10.8. The predicted molar refractivity (Wildman–Crippen MR) is 54.7 cm³/mol. The second-order valence-electron chi connectivity index (χ2n) is 3.48. The fraction of sp³-hybridized carbons (Fsp3) is 0.400. The molecule has 0 bridgehead atoms. The van der Waals surface area contributed by atoms with Gasteiger partial charge in [0.1, 0.15) is 5.56 Å². The second kappa shape index (κ2) is 4.09. The lowest BCUT2D eigenvalue weighted by molar-refractivity contribution is 0.0697. The fourth-order valence-electron chi connectivity index (χ4n) is 1.16. The number of carboxylic acids is 1. The van der Waals surface area contributed by atoms with Crippen molar-refractivity contribution in [3.8, 4) is 0 Å². The molecule has 4 heteroatoms. The van der Waals surface area contributed by atoms with E-state index in [1.165, 1.54) is 6.20 Å². The molecular weight excluding hydrogens is 180 g/mol. The molecule has 1 aromatic rings. The smallest absolute Gasteiger partial charge is 0.339 e. The number of hydrogen-bond donors (Lipinski definition) is 2. The van der Waals surface area contributed by atoms with Gasteiger partial charge in [0.05, 0.1) is 5.69 Å². The summed E-state index contributed by atoms with van der Waals surface area (Å²) >= 11 is 0. The van der Waals surface area contributed by atoms with Crippen LogP contribution in [0, 0.1) is 6.92 Å². The third kappa shape index (κ3) is 2.45. The van der Waals surface area contributed by atoms with Crippen LogP contribution in [0.3, 0.4) is 0 Å². The van der Waals surface area contributed by atoms with Crippen molar-refractivity contribution in [1.82, 2.24) is 4.98 Å². The normalized spacial score (nSPS) is 10.3. The number of anilines is 1. The number of nitrogens with one attached hydrogen (secondary N) is 1. The number of hydrogen-bond acceptors (Lipinski definition) is 3. The first kappa shape index (κ1) is 10.5. The molecule has 0 aromatic carbocycles. The molecule has 0 saturated carbocycles. The van der Waals surface area contributed by atoms with Crippen LogP contribution < -0.4 is 5.32 Å². The van der Waals surface area contributed by atoms with Crippen molar-refractivity contribution >= 4 is 11.7 Å². The molecule has 0 aliphatic heterocycles. The van der Waals surface area contributed by atoms with Gasteiger partial charge in [0.15, 0.2) is 0 Å². The van der Waals surface area contributed by atoms with Crippen molar-refractivity contribution in [2.75, 3.05) is 5.32 Å². The molecule has 1 rings (SSSR count). The molecule has 14 heavy (non-hydrogen) atoms. The van der Waals surface area contributed by atoms with E-state index in [0.717, 1.165) is 5.69 Å². The standard InChI is InChI=1S/C10H14N2O2/c1-6(2)12-9-4-7(3)11-5-8(9)10(13)14/h4-6H,1-3H3,(H,11,12)(H,13,14). The van der Waals surface area contributed by atoms with Crippen LogP contribution in [-0.4, -0.2) is 22.1 Å². The Morgan fingerprint density at radius 3 is 2.71 bits per heavy atom. The second-order valence-corrected chi connectivity index (χ2v) is 3.48. The molecule has 0 atom stereocenters. The first-order valence-corrected chi connectivity index (χ1v) is 4.47. The third-order valence-corrected chi connectivity index (χ3v) is 1.72. The average molecular weight is 194 g/mol. The molecule has 1 heterocycles. The van der Waals surface area contributed by atoms with Crippen molar-refractivity contribution in [2.24, 2.45) is 0 Å². The Bertz CT molecular complexity index is 348. The summed E-state index contributed by atoms with van der Waals surface area (Å²) in [5.74, 6) is -0.958. The molecule has 0 unspecified atom stereocenters. The maximum Gasteiger partial charge on any atom is 0.339 e. The minimum absolute atomic E-state index is 0.204. The van der Waals surface area contributed by atoms with Gasteiger partial charge in [-0.15, -0.1) is 0 Å². The Labute approximate surface area is 83.0 Å². The maximum absolute atomic E-state index is 10.8. The first-order valence-electron chi connectivity index (χ1n) is 4.47. The molecule has 0 aliphatic rings. The summed E-state index contributed by atoms with van der Waals surface area (Å²) in [6, 6.07) is 1.94. The van der Waals surface area contributed by atoms with Gasteiger partial charge in [0, 0.05) is 17.9 Å². The van der Waals surface area contributed by atoms with Gasteiger partial charge in [-0.3, -0.25) is 4.98 Å². The zero-order valence-electron chi connectivity index (χ0n) is 8.53. The molecule has 0 amide bonds. The molecule has 0 radical (unpaired) electrons. The van der Waals surface area contributed by atoms with Crippen LogP contribution in [0.25, 0.3) is 0 Å². The van der Waals surface area contributed by atoms with Crippen molar-refractivity contribution in [1.29, 1.82) is 0 Å². The molecule has 0 fully saturated rings. The molecule has 4 nitrogen and oxygen atoms in total. The van der Waals surface area contributed by atoms with Gasteiger partial charge in [-0.1, -0.05) is 0 Å². The fourth-order valence-corrected chi connectivity index (χ4v) is 1.16. The topological polar surface area (TPSA) is 62.2 Å². The van der Waals surface area contributed by atoms with E-state index in [1.807, 2.05) is 20.8 Å². The van der Waals surface area contributed by atoms with Crippen molar-refractivity contribution in [3.05, 3.63) is 23.5 Å². The van der Waals surface area contributed by atoms with Gasteiger partial charge in [-0.25, -0.2) is 4.79 Å². The van der Waals surface area contributed by atoms with Crippen LogP contribution in [0.4, 0.5) is 5.69 Å². The number of carboxylic acid groups (broad SMARTS) is 1. The SMILES string of the molecule is Cc1cc(NC(C)C)c(C(=O)O)cn1. The molecular formula is C10H14N2O2. The van der Waals surface area contributed by atoms with Gasteiger partial charge in [-0.05, 0) is 26.8 Å². The van der Waals surface area contributed by atoms with E-state index >= 15 is 0 Å². The molecule has 2 N–H and O–H groups in total. The minimum atomic E-state index is -0.958. The van der Waals surface area contributed by atoms with Crippen LogP contribution in [0.5, 0.6) is 0 Å². The van der Waals surface area contributed by atoms with E-state index in [1.54, 1.807) is 6.07 Å². The number of aryl methyl sites for hydroxylation is 1. The van der Waals surface area contributed by atoms with E-state index in [2.05, 4.69) is 10.3 Å². The highest BCUT2D eigenvalue weighted by molar-refractivity contribution is 5.93. The summed E-state index contributed by atoms with van der Waals surface area (Å²) in [7, 11) is 0. The highest BCUT2D eigenvalue weighted by Gasteiger charge is 2.11. The average Bonchev–Trinajstić information content (AvgIpc) is 2.01. The van der Waals surface area contributed by atoms with Gasteiger partial charge in [0.2, 0.25) is 0 Å². The van der Waals surface area contributed by atoms with Gasteiger partial charge < -0.3 is 10.4 Å². The first-order chi connectivity index (χ1) is 6.50. The lowest BCUT2D eigenvalue weighted by Gasteiger charge is -2.12. The number of rotatable bonds is 3. The Kier molecular flexibility index (Phi) is 3.06. The molecule has 0 aliphatic carbocycles. The summed E-state index contributed by atoms with van der Waals surface area (Å²) in [5, 5.41) is 12.0. The predicted octanol–water partition coefficient (Wildman–Crippen LogP) is 1.91. The highest BCUT2D eigenvalue weighted by Crippen LogP contribution is 2.16. The number of aromatic nitrogens is 1. The van der Waals surface area contributed by atoms with Crippen LogP contribution >= 0.6 is 0 Å². The molecule has 0 saturated heterocycles. The van der Waals surface area contributed by atoms with Gasteiger partial charge in [0.25, 0.3) is 0 Å². The number of aromatic carboxylic acids is 1. The van der Waals surface area contributed by atoms with Gasteiger partial charge in [-0.2, -0.15) is 0 Å². The van der Waals surface area contributed by atoms with E-state index < -0.39 is 5.97 Å². The van der Waals surface area contributed by atoms with E-state index in [4.69, 9.17) is 5.11 Å². The van der Waals surface area contributed by atoms with Crippen LogP contribution in [0.15, 0.2) is 12.3 Å². The van der Waals surface area contributed by atoms with Crippen molar-refractivity contribution in [3.63, 3.8) is 0 Å².